The van der Waals surface area contributed by atoms with Gasteiger partial charge in [-0.1, -0.05) is 12.2 Å². The molecular weight excluding hydrogens is 128 g/mol. The van der Waals surface area contributed by atoms with Gasteiger partial charge in [0.05, 0.1) is 0 Å². The molecule has 58 valence electrons. The van der Waals surface area contributed by atoms with E-state index in [9.17, 15) is 4.79 Å². The highest BCUT2D eigenvalue weighted by Crippen LogP contribution is 1.74. The van der Waals surface area contributed by atoms with Crippen LogP contribution >= 0.6 is 0 Å². The van der Waals surface area contributed by atoms with Crippen molar-refractivity contribution in [3.8, 4) is 0 Å². The molecule has 0 heterocycles. The largest absolute Gasteiger partial charge is 0.353 e. The van der Waals surface area contributed by atoms with Crippen molar-refractivity contribution in [3.63, 3.8) is 0 Å². The SMILES string of the molecule is C/C=C/CNC(=O)CCN. The lowest BCUT2D eigenvalue weighted by atomic mass is 10.4. The summed E-state index contributed by atoms with van der Waals surface area (Å²) in [5, 5.41) is 2.68. The Morgan fingerprint density at radius 1 is 1.70 bits per heavy atom. The number of hydrogen-bond acceptors (Lipinski definition) is 2. The van der Waals surface area contributed by atoms with Crippen molar-refractivity contribution in [1.82, 2.24) is 5.32 Å². The van der Waals surface area contributed by atoms with Crippen LogP contribution in [0.5, 0.6) is 0 Å². The lowest BCUT2D eigenvalue weighted by Crippen LogP contribution is -2.25. The molecule has 0 aliphatic carbocycles. The molecule has 0 spiro atoms. The first-order chi connectivity index (χ1) is 4.81. The highest BCUT2D eigenvalue weighted by Gasteiger charge is 1.93. The molecule has 0 radical (unpaired) electrons. The number of carbonyl (C=O) groups is 1. The van der Waals surface area contributed by atoms with Gasteiger partial charge in [0.1, 0.15) is 0 Å². The molecule has 0 unspecified atom stereocenters. The minimum atomic E-state index is 0.0144. The zero-order chi connectivity index (χ0) is 7.82. The van der Waals surface area contributed by atoms with Gasteiger partial charge in [0.15, 0.2) is 0 Å². The molecule has 0 fully saturated rings. The van der Waals surface area contributed by atoms with Gasteiger partial charge in [-0.3, -0.25) is 4.79 Å². The highest BCUT2D eigenvalue weighted by atomic mass is 16.1. The maximum Gasteiger partial charge on any atom is 0.221 e. The van der Waals surface area contributed by atoms with Gasteiger partial charge in [-0.15, -0.1) is 0 Å². The minimum Gasteiger partial charge on any atom is -0.353 e. The van der Waals surface area contributed by atoms with Gasteiger partial charge in [0, 0.05) is 19.5 Å². The van der Waals surface area contributed by atoms with E-state index < -0.39 is 0 Å². The van der Waals surface area contributed by atoms with E-state index in [1.807, 2.05) is 19.1 Å². The summed E-state index contributed by atoms with van der Waals surface area (Å²) in [6.45, 7) is 2.94. The van der Waals surface area contributed by atoms with Crippen molar-refractivity contribution in [3.05, 3.63) is 12.2 Å². The maximum atomic E-state index is 10.7. The van der Waals surface area contributed by atoms with Crippen LogP contribution in [-0.4, -0.2) is 19.0 Å². The van der Waals surface area contributed by atoms with Gasteiger partial charge in [-0.05, 0) is 6.92 Å². The molecule has 1 amide bonds. The second-order valence-corrected chi connectivity index (χ2v) is 1.91. The van der Waals surface area contributed by atoms with Gasteiger partial charge >= 0.3 is 0 Å². The van der Waals surface area contributed by atoms with E-state index in [2.05, 4.69) is 5.32 Å². The molecule has 0 atom stereocenters. The van der Waals surface area contributed by atoms with E-state index in [4.69, 9.17) is 5.73 Å². The fourth-order valence-corrected chi connectivity index (χ4v) is 0.510. The Hall–Kier alpha value is -0.830. The van der Waals surface area contributed by atoms with E-state index in [-0.39, 0.29) is 5.91 Å². The first-order valence-corrected chi connectivity index (χ1v) is 3.39. The summed E-state index contributed by atoms with van der Waals surface area (Å²) in [5.74, 6) is 0.0144. The van der Waals surface area contributed by atoms with Crippen molar-refractivity contribution < 1.29 is 4.79 Å². The summed E-state index contributed by atoms with van der Waals surface area (Å²) in [4.78, 5) is 10.7. The van der Waals surface area contributed by atoms with Crippen LogP contribution in [0.25, 0.3) is 0 Å². The molecule has 0 aliphatic heterocycles. The molecule has 3 nitrogen and oxygen atoms in total. The van der Waals surface area contributed by atoms with Crippen LogP contribution in [0.3, 0.4) is 0 Å². The number of rotatable bonds is 4. The molecule has 3 heteroatoms. The van der Waals surface area contributed by atoms with Gasteiger partial charge < -0.3 is 11.1 Å². The van der Waals surface area contributed by atoms with Gasteiger partial charge in [-0.25, -0.2) is 0 Å². The average Bonchev–Trinajstić information content (AvgIpc) is 1.89. The lowest BCUT2D eigenvalue weighted by Gasteiger charge is -1.97. The summed E-state index contributed by atoms with van der Waals surface area (Å²) in [6.07, 6.45) is 4.19. The van der Waals surface area contributed by atoms with Crippen molar-refractivity contribution in [2.75, 3.05) is 13.1 Å². The number of allylic oxidation sites excluding steroid dienone is 1. The Morgan fingerprint density at radius 3 is 2.90 bits per heavy atom. The fraction of sp³-hybridized carbons (Fsp3) is 0.571. The van der Waals surface area contributed by atoms with E-state index in [0.29, 0.717) is 19.5 Å². The average molecular weight is 142 g/mol. The zero-order valence-electron chi connectivity index (χ0n) is 6.26. The molecule has 10 heavy (non-hydrogen) atoms. The number of nitrogens with two attached hydrogens (primary N) is 1. The number of hydrogen-bond donors (Lipinski definition) is 2. The number of amides is 1. The third-order valence-electron chi connectivity index (χ3n) is 1.02. The standard InChI is InChI=1S/C7H14N2O/c1-2-3-6-9-7(10)4-5-8/h2-3H,4-6,8H2,1H3,(H,9,10)/b3-2+. The zero-order valence-corrected chi connectivity index (χ0v) is 6.26. The van der Waals surface area contributed by atoms with Crippen LogP contribution in [0.15, 0.2) is 12.2 Å². The van der Waals surface area contributed by atoms with Gasteiger partial charge in [0.25, 0.3) is 0 Å². The van der Waals surface area contributed by atoms with E-state index >= 15 is 0 Å². The summed E-state index contributed by atoms with van der Waals surface area (Å²) < 4.78 is 0. The fourth-order valence-electron chi connectivity index (χ4n) is 0.510. The molecule has 0 saturated heterocycles. The molecule has 0 aromatic rings. The van der Waals surface area contributed by atoms with Crippen LogP contribution in [0.1, 0.15) is 13.3 Å². The van der Waals surface area contributed by atoms with Gasteiger partial charge in [-0.2, -0.15) is 0 Å². The third kappa shape index (κ3) is 5.31. The topological polar surface area (TPSA) is 55.1 Å². The second kappa shape index (κ2) is 6.29. The van der Waals surface area contributed by atoms with E-state index in [1.54, 1.807) is 0 Å². The van der Waals surface area contributed by atoms with E-state index in [1.165, 1.54) is 0 Å². The Kier molecular flexibility index (Phi) is 5.77. The first kappa shape index (κ1) is 9.17. The van der Waals surface area contributed by atoms with Gasteiger partial charge in [0.2, 0.25) is 5.91 Å². The Morgan fingerprint density at radius 2 is 2.40 bits per heavy atom. The van der Waals surface area contributed by atoms with Crippen LogP contribution in [0.2, 0.25) is 0 Å². The predicted octanol–water partition coefficient (Wildman–Crippen LogP) is 0.0275. The Bertz CT molecular complexity index is 121. The van der Waals surface area contributed by atoms with Crippen LogP contribution in [0, 0.1) is 0 Å². The molecule has 0 rings (SSSR count). The highest BCUT2D eigenvalue weighted by molar-refractivity contribution is 5.76. The van der Waals surface area contributed by atoms with Crippen LogP contribution < -0.4 is 11.1 Å². The smallest absolute Gasteiger partial charge is 0.221 e. The first-order valence-electron chi connectivity index (χ1n) is 3.39. The Labute approximate surface area is 61.3 Å². The van der Waals surface area contributed by atoms with Crippen molar-refractivity contribution in [2.24, 2.45) is 5.73 Å². The van der Waals surface area contributed by atoms with Crippen molar-refractivity contribution in [1.29, 1.82) is 0 Å². The normalized spacial score (nSPS) is 10.2. The number of nitrogens with one attached hydrogen (secondary N) is 1. The molecule has 0 bridgehead atoms. The summed E-state index contributed by atoms with van der Waals surface area (Å²) in [5.41, 5.74) is 5.15. The molecule has 0 aromatic carbocycles. The molecular formula is C7H14N2O. The minimum absolute atomic E-state index is 0.0144. The van der Waals surface area contributed by atoms with Crippen LogP contribution in [0.4, 0.5) is 0 Å². The molecule has 0 aromatic heterocycles. The maximum absolute atomic E-state index is 10.7. The summed E-state index contributed by atoms with van der Waals surface area (Å²) in [7, 11) is 0. The monoisotopic (exact) mass is 142 g/mol. The second-order valence-electron chi connectivity index (χ2n) is 1.91. The summed E-state index contributed by atoms with van der Waals surface area (Å²) >= 11 is 0. The quantitative estimate of drug-likeness (QED) is 0.544. The Balaban J connectivity index is 3.21. The van der Waals surface area contributed by atoms with E-state index in [0.717, 1.165) is 0 Å². The predicted molar refractivity (Wildman–Crippen MR) is 41.5 cm³/mol. The van der Waals surface area contributed by atoms with Crippen molar-refractivity contribution >= 4 is 5.91 Å². The van der Waals surface area contributed by atoms with Crippen LogP contribution in [-0.2, 0) is 4.79 Å². The molecule has 0 aliphatic rings. The third-order valence-corrected chi connectivity index (χ3v) is 1.02. The molecule has 0 saturated carbocycles. The molecule has 3 N–H and O–H groups in total. The summed E-state index contributed by atoms with van der Waals surface area (Å²) in [6, 6.07) is 0. The number of carbonyl (C=O) groups excluding carboxylic acids is 1. The van der Waals surface area contributed by atoms with Crippen molar-refractivity contribution in [2.45, 2.75) is 13.3 Å². The lowest BCUT2D eigenvalue weighted by molar-refractivity contribution is -0.120.